The Morgan fingerprint density at radius 1 is 1.35 bits per heavy atom. The van der Waals surface area contributed by atoms with E-state index in [9.17, 15) is 4.79 Å². The molecule has 112 valence electrons. The Kier molecular flexibility index (Phi) is 6.02. The van der Waals surface area contributed by atoms with E-state index in [-0.39, 0.29) is 5.97 Å². The minimum Gasteiger partial charge on any atom is -0.493 e. The van der Waals surface area contributed by atoms with E-state index in [1.54, 1.807) is 13.8 Å². The molecule has 0 amide bonds. The fraction of sp³-hybridized carbons (Fsp3) is 0.562. The summed E-state index contributed by atoms with van der Waals surface area (Å²) in [5, 5.41) is 0. The van der Waals surface area contributed by atoms with Crippen LogP contribution in [-0.2, 0) is 9.53 Å². The first-order chi connectivity index (χ1) is 9.38. The standard InChI is InChI=1S/C16H25NO3/c1-5-19-15(18)16(4,17)10-7-11-20-14-9-6-8-12(2)13(14)3/h6,8-9H,5,7,10-11,17H2,1-4H3. The van der Waals surface area contributed by atoms with Crippen molar-refractivity contribution in [3.63, 3.8) is 0 Å². The maximum Gasteiger partial charge on any atom is 0.325 e. The van der Waals surface area contributed by atoms with Gasteiger partial charge in [0.15, 0.2) is 0 Å². The number of carbonyl (C=O) groups is 1. The average molecular weight is 279 g/mol. The van der Waals surface area contributed by atoms with Crippen molar-refractivity contribution in [2.24, 2.45) is 5.73 Å². The third-order valence-electron chi connectivity index (χ3n) is 3.39. The largest absolute Gasteiger partial charge is 0.493 e. The van der Waals surface area contributed by atoms with Crippen molar-refractivity contribution in [2.45, 2.75) is 46.1 Å². The van der Waals surface area contributed by atoms with Gasteiger partial charge in [0.1, 0.15) is 11.3 Å². The lowest BCUT2D eigenvalue weighted by molar-refractivity contribution is -0.149. The molecule has 4 heteroatoms. The highest BCUT2D eigenvalue weighted by atomic mass is 16.5. The van der Waals surface area contributed by atoms with Crippen molar-refractivity contribution in [1.29, 1.82) is 0 Å². The fourth-order valence-electron chi connectivity index (χ4n) is 1.90. The molecule has 1 rings (SSSR count). The van der Waals surface area contributed by atoms with Crippen LogP contribution in [0.5, 0.6) is 5.75 Å². The predicted molar refractivity (Wildman–Crippen MR) is 79.9 cm³/mol. The molecule has 1 atom stereocenters. The molecule has 0 aliphatic rings. The number of aryl methyl sites for hydroxylation is 1. The topological polar surface area (TPSA) is 61.5 Å². The summed E-state index contributed by atoms with van der Waals surface area (Å²) in [5.74, 6) is 0.534. The highest BCUT2D eigenvalue weighted by Gasteiger charge is 2.29. The van der Waals surface area contributed by atoms with Crippen molar-refractivity contribution in [3.8, 4) is 5.75 Å². The van der Waals surface area contributed by atoms with Gasteiger partial charge in [0.25, 0.3) is 0 Å². The molecule has 0 radical (unpaired) electrons. The summed E-state index contributed by atoms with van der Waals surface area (Å²) < 4.78 is 10.7. The van der Waals surface area contributed by atoms with Crippen LogP contribution in [-0.4, -0.2) is 24.7 Å². The lowest BCUT2D eigenvalue weighted by Gasteiger charge is -2.22. The van der Waals surface area contributed by atoms with E-state index in [4.69, 9.17) is 15.2 Å². The van der Waals surface area contributed by atoms with Crippen LogP contribution in [0.15, 0.2) is 18.2 Å². The van der Waals surface area contributed by atoms with Crippen molar-refractivity contribution in [1.82, 2.24) is 0 Å². The summed E-state index contributed by atoms with van der Waals surface area (Å²) >= 11 is 0. The Morgan fingerprint density at radius 2 is 2.05 bits per heavy atom. The number of ether oxygens (including phenoxy) is 2. The molecule has 2 N–H and O–H groups in total. The van der Waals surface area contributed by atoms with Gasteiger partial charge in [-0.2, -0.15) is 0 Å². The highest BCUT2D eigenvalue weighted by Crippen LogP contribution is 2.21. The summed E-state index contributed by atoms with van der Waals surface area (Å²) in [6, 6.07) is 5.98. The van der Waals surface area contributed by atoms with Gasteiger partial charge < -0.3 is 15.2 Å². The molecule has 0 spiro atoms. The van der Waals surface area contributed by atoms with Crippen LogP contribution in [0.3, 0.4) is 0 Å². The lowest BCUT2D eigenvalue weighted by atomic mass is 9.98. The van der Waals surface area contributed by atoms with Gasteiger partial charge in [0, 0.05) is 0 Å². The van der Waals surface area contributed by atoms with Gasteiger partial charge >= 0.3 is 5.97 Å². The minimum absolute atomic E-state index is 0.352. The van der Waals surface area contributed by atoms with Crippen molar-refractivity contribution in [2.75, 3.05) is 13.2 Å². The second-order valence-electron chi connectivity index (χ2n) is 5.29. The monoisotopic (exact) mass is 279 g/mol. The van der Waals surface area contributed by atoms with Crippen LogP contribution in [0.4, 0.5) is 0 Å². The Balaban J connectivity index is 2.42. The Labute approximate surface area is 121 Å². The molecule has 0 fully saturated rings. The minimum atomic E-state index is -0.943. The zero-order valence-electron chi connectivity index (χ0n) is 12.9. The van der Waals surface area contributed by atoms with Gasteiger partial charge in [0.2, 0.25) is 0 Å². The van der Waals surface area contributed by atoms with Crippen LogP contribution in [0.2, 0.25) is 0 Å². The van der Waals surface area contributed by atoms with Crippen LogP contribution >= 0.6 is 0 Å². The lowest BCUT2D eigenvalue weighted by Crippen LogP contribution is -2.46. The highest BCUT2D eigenvalue weighted by molar-refractivity contribution is 5.79. The molecule has 0 aromatic heterocycles. The number of hydrogen-bond donors (Lipinski definition) is 1. The van der Waals surface area contributed by atoms with Gasteiger partial charge in [-0.3, -0.25) is 4.79 Å². The molecule has 1 aromatic rings. The third kappa shape index (κ3) is 4.53. The number of hydrogen-bond acceptors (Lipinski definition) is 4. The molecule has 1 aromatic carbocycles. The van der Waals surface area contributed by atoms with Gasteiger partial charge in [-0.15, -0.1) is 0 Å². The van der Waals surface area contributed by atoms with Crippen molar-refractivity contribution in [3.05, 3.63) is 29.3 Å². The van der Waals surface area contributed by atoms with E-state index in [0.717, 1.165) is 11.3 Å². The Hall–Kier alpha value is -1.55. The fourth-order valence-corrected chi connectivity index (χ4v) is 1.90. The molecule has 0 heterocycles. The number of benzene rings is 1. The molecule has 0 saturated carbocycles. The van der Waals surface area contributed by atoms with Crippen LogP contribution < -0.4 is 10.5 Å². The smallest absolute Gasteiger partial charge is 0.325 e. The molecular weight excluding hydrogens is 254 g/mol. The van der Waals surface area contributed by atoms with Gasteiger partial charge in [-0.1, -0.05) is 12.1 Å². The van der Waals surface area contributed by atoms with E-state index >= 15 is 0 Å². The number of carbonyl (C=O) groups excluding carboxylic acids is 1. The number of nitrogens with two attached hydrogens (primary N) is 1. The molecule has 0 aliphatic heterocycles. The predicted octanol–water partition coefficient (Wildman–Crippen LogP) is 2.74. The first kappa shape index (κ1) is 16.5. The van der Waals surface area contributed by atoms with E-state index in [1.807, 2.05) is 19.1 Å². The van der Waals surface area contributed by atoms with E-state index in [1.165, 1.54) is 5.56 Å². The van der Waals surface area contributed by atoms with Gasteiger partial charge in [-0.25, -0.2) is 0 Å². The zero-order valence-corrected chi connectivity index (χ0v) is 12.9. The summed E-state index contributed by atoms with van der Waals surface area (Å²) in [5.41, 5.74) is 7.36. The van der Waals surface area contributed by atoms with Gasteiger partial charge in [0.05, 0.1) is 13.2 Å². The first-order valence-electron chi connectivity index (χ1n) is 7.03. The summed E-state index contributed by atoms with van der Waals surface area (Å²) in [6.45, 7) is 8.46. The molecule has 0 bridgehead atoms. The number of rotatable bonds is 7. The summed E-state index contributed by atoms with van der Waals surface area (Å²) in [6.07, 6.45) is 1.25. The number of esters is 1. The zero-order chi connectivity index (χ0) is 15.2. The SMILES string of the molecule is CCOC(=O)C(C)(N)CCCOc1cccc(C)c1C. The second kappa shape index (κ2) is 7.29. The van der Waals surface area contributed by atoms with Crippen LogP contribution in [0.1, 0.15) is 37.8 Å². The normalized spacial score (nSPS) is 13.7. The maximum atomic E-state index is 11.6. The average Bonchev–Trinajstić information content (AvgIpc) is 2.39. The van der Waals surface area contributed by atoms with Crippen molar-refractivity contribution >= 4 is 5.97 Å². The molecule has 0 aliphatic carbocycles. The van der Waals surface area contributed by atoms with E-state index < -0.39 is 5.54 Å². The molecule has 20 heavy (non-hydrogen) atoms. The van der Waals surface area contributed by atoms with E-state index in [0.29, 0.717) is 26.1 Å². The van der Waals surface area contributed by atoms with Crippen molar-refractivity contribution < 1.29 is 14.3 Å². The van der Waals surface area contributed by atoms with Crippen LogP contribution in [0.25, 0.3) is 0 Å². The Morgan fingerprint density at radius 3 is 2.70 bits per heavy atom. The Bertz CT molecular complexity index is 455. The molecule has 0 saturated heterocycles. The van der Waals surface area contributed by atoms with E-state index in [2.05, 4.69) is 13.0 Å². The molecule has 4 nitrogen and oxygen atoms in total. The van der Waals surface area contributed by atoms with Crippen LogP contribution in [0, 0.1) is 13.8 Å². The molecule has 1 unspecified atom stereocenters. The summed E-state index contributed by atoms with van der Waals surface area (Å²) in [4.78, 5) is 11.6. The van der Waals surface area contributed by atoms with Gasteiger partial charge in [-0.05, 0) is 57.7 Å². The second-order valence-corrected chi connectivity index (χ2v) is 5.29. The maximum absolute atomic E-state index is 11.6. The molecular formula is C16H25NO3. The third-order valence-corrected chi connectivity index (χ3v) is 3.39. The quantitative estimate of drug-likeness (QED) is 0.616. The summed E-state index contributed by atoms with van der Waals surface area (Å²) in [7, 11) is 0. The first-order valence-corrected chi connectivity index (χ1v) is 7.03.